The van der Waals surface area contributed by atoms with Gasteiger partial charge in [0.2, 0.25) is 0 Å². The molecule has 0 heterocycles. The van der Waals surface area contributed by atoms with E-state index in [4.69, 9.17) is 18.0 Å². The Kier molecular flexibility index (Phi) is 4.09. The average molecular weight is 254 g/mol. The van der Waals surface area contributed by atoms with Crippen molar-refractivity contribution in [2.45, 2.75) is 33.7 Å². The Labute approximate surface area is 107 Å². The summed E-state index contributed by atoms with van der Waals surface area (Å²) in [7, 11) is 0. The maximum Gasteiger partial charge on any atom is 0.135 e. The van der Waals surface area contributed by atoms with Gasteiger partial charge in [-0.15, -0.1) is 0 Å². The summed E-state index contributed by atoms with van der Waals surface area (Å²) in [5, 5.41) is 3.27. The largest absolute Gasteiger partial charge is 0.389 e. The van der Waals surface area contributed by atoms with Gasteiger partial charge in [-0.1, -0.05) is 39.1 Å². The number of anilines is 1. The Balaban J connectivity index is 3.07. The molecule has 4 heteroatoms. The maximum absolute atomic E-state index is 13.6. The highest BCUT2D eigenvalue weighted by Crippen LogP contribution is 2.26. The summed E-state index contributed by atoms with van der Waals surface area (Å²) in [5.41, 5.74) is 6.56. The monoisotopic (exact) mass is 254 g/mol. The van der Waals surface area contributed by atoms with Crippen molar-refractivity contribution in [3.63, 3.8) is 0 Å². The number of nitrogens with one attached hydrogen (secondary N) is 1. The van der Waals surface area contributed by atoms with Crippen LogP contribution in [0.15, 0.2) is 18.2 Å². The van der Waals surface area contributed by atoms with Crippen molar-refractivity contribution >= 4 is 22.9 Å². The molecule has 0 saturated heterocycles. The SMILES string of the molecule is CC(Nc1cccc(F)c1C(N)=S)C(C)(C)C. The van der Waals surface area contributed by atoms with Crippen LogP contribution in [0.2, 0.25) is 0 Å². The normalized spacial score (nSPS) is 13.2. The molecule has 0 bridgehead atoms. The summed E-state index contributed by atoms with van der Waals surface area (Å²) >= 11 is 4.88. The van der Waals surface area contributed by atoms with E-state index in [-0.39, 0.29) is 22.3 Å². The van der Waals surface area contributed by atoms with Crippen LogP contribution in [0.25, 0.3) is 0 Å². The summed E-state index contributed by atoms with van der Waals surface area (Å²) in [6, 6.07) is 4.98. The first-order chi connectivity index (χ1) is 7.73. The molecule has 1 rings (SSSR count). The van der Waals surface area contributed by atoms with Crippen LogP contribution in [-0.2, 0) is 0 Å². The minimum Gasteiger partial charge on any atom is -0.389 e. The lowest BCUT2D eigenvalue weighted by molar-refractivity contribution is 0.359. The van der Waals surface area contributed by atoms with Crippen molar-refractivity contribution in [1.29, 1.82) is 0 Å². The third kappa shape index (κ3) is 3.40. The van der Waals surface area contributed by atoms with Gasteiger partial charge in [0, 0.05) is 11.7 Å². The molecule has 0 fully saturated rings. The van der Waals surface area contributed by atoms with E-state index in [0.717, 1.165) is 0 Å². The van der Waals surface area contributed by atoms with Gasteiger partial charge in [0.15, 0.2) is 0 Å². The van der Waals surface area contributed by atoms with E-state index in [1.54, 1.807) is 12.1 Å². The molecular weight excluding hydrogens is 235 g/mol. The van der Waals surface area contributed by atoms with Crippen molar-refractivity contribution < 1.29 is 4.39 Å². The average Bonchev–Trinajstić information content (AvgIpc) is 2.15. The first-order valence-electron chi connectivity index (χ1n) is 5.58. The van der Waals surface area contributed by atoms with Crippen molar-refractivity contribution in [3.8, 4) is 0 Å². The fraction of sp³-hybridized carbons (Fsp3) is 0.462. The predicted molar refractivity (Wildman–Crippen MR) is 74.8 cm³/mol. The molecule has 0 aromatic heterocycles. The molecule has 0 saturated carbocycles. The minimum atomic E-state index is -0.386. The van der Waals surface area contributed by atoms with Gasteiger partial charge in [-0.2, -0.15) is 0 Å². The van der Waals surface area contributed by atoms with Gasteiger partial charge in [0.05, 0.1) is 5.56 Å². The summed E-state index contributed by atoms with van der Waals surface area (Å²) in [6.07, 6.45) is 0. The van der Waals surface area contributed by atoms with Crippen molar-refractivity contribution in [1.82, 2.24) is 0 Å². The van der Waals surface area contributed by atoms with Gasteiger partial charge in [-0.3, -0.25) is 0 Å². The summed E-state index contributed by atoms with van der Waals surface area (Å²) < 4.78 is 13.6. The highest BCUT2D eigenvalue weighted by molar-refractivity contribution is 7.80. The van der Waals surface area contributed by atoms with Gasteiger partial charge in [0.25, 0.3) is 0 Å². The van der Waals surface area contributed by atoms with Crippen LogP contribution in [0.1, 0.15) is 33.3 Å². The van der Waals surface area contributed by atoms with Crippen molar-refractivity contribution in [3.05, 3.63) is 29.6 Å². The van der Waals surface area contributed by atoms with Crippen LogP contribution in [0, 0.1) is 11.2 Å². The lowest BCUT2D eigenvalue weighted by Gasteiger charge is -2.29. The van der Waals surface area contributed by atoms with Gasteiger partial charge < -0.3 is 11.1 Å². The van der Waals surface area contributed by atoms with Crippen LogP contribution in [0.5, 0.6) is 0 Å². The molecule has 3 N–H and O–H groups in total. The van der Waals surface area contributed by atoms with Gasteiger partial charge in [0.1, 0.15) is 10.8 Å². The quantitative estimate of drug-likeness (QED) is 0.813. The number of hydrogen-bond acceptors (Lipinski definition) is 2. The van der Waals surface area contributed by atoms with E-state index >= 15 is 0 Å². The van der Waals surface area contributed by atoms with Crippen LogP contribution >= 0.6 is 12.2 Å². The number of thiocarbonyl (C=S) groups is 1. The van der Waals surface area contributed by atoms with Crippen molar-refractivity contribution in [2.75, 3.05) is 5.32 Å². The second-order valence-corrected chi connectivity index (χ2v) is 5.70. The Morgan fingerprint density at radius 3 is 2.47 bits per heavy atom. The zero-order valence-corrected chi connectivity index (χ0v) is 11.5. The van der Waals surface area contributed by atoms with Crippen molar-refractivity contribution in [2.24, 2.45) is 11.1 Å². The lowest BCUT2D eigenvalue weighted by atomic mass is 9.88. The summed E-state index contributed by atoms with van der Waals surface area (Å²) in [5.74, 6) is -0.386. The summed E-state index contributed by atoms with van der Waals surface area (Å²) in [6.45, 7) is 8.40. The van der Waals surface area contributed by atoms with Crippen LogP contribution in [0.4, 0.5) is 10.1 Å². The molecule has 0 aliphatic heterocycles. The van der Waals surface area contributed by atoms with E-state index < -0.39 is 0 Å². The van der Waals surface area contributed by atoms with E-state index in [1.807, 2.05) is 6.92 Å². The van der Waals surface area contributed by atoms with Crippen LogP contribution < -0.4 is 11.1 Å². The molecule has 0 aliphatic carbocycles. The van der Waals surface area contributed by atoms with E-state index in [0.29, 0.717) is 11.3 Å². The third-order valence-corrected chi connectivity index (χ3v) is 3.14. The second kappa shape index (κ2) is 5.00. The lowest BCUT2D eigenvalue weighted by Crippen LogP contribution is -2.32. The van der Waals surface area contributed by atoms with Gasteiger partial charge in [-0.25, -0.2) is 4.39 Å². The van der Waals surface area contributed by atoms with E-state index in [2.05, 4.69) is 26.1 Å². The Morgan fingerprint density at radius 1 is 1.41 bits per heavy atom. The number of nitrogens with two attached hydrogens (primary N) is 1. The fourth-order valence-electron chi connectivity index (χ4n) is 1.34. The van der Waals surface area contributed by atoms with Crippen LogP contribution in [-0.4, -0.2) is 11.0 Å². The Bertz CT molecular complexity index is 424. The molecule has 1 unspecified atom stereocenters. The molecule has 0 radical (unpaired) electrons. The molecule has 17 heavy (non-hydrogen) atoms. The highest BCUT2D eigenvalue weighted by atomic mass is 32.1. The summed E-state index contributed by atoms with van der Waals surface area (Å²) in [4.78, 5) is 0.0757. The van der Waals surface area contributed by atoms with Gasteiger partial charge >= 0.3 is 0 Å². The second-order valence-electron chi connectivity index (χ2n) is 5.26. The number of benzene rings is 1. The van der Waals surface area contributed by atoms with Crippen LogP contribution in [0.3, 0.4) is 0 Å². The molecule has 0 amide bonds. The Morgan fingerprint density at radius 2 is 2.00 bits per heavy atom. The van der Waals surface area contributed by atoms with E-state index in [1.165, 1.54) is 6.07 Å². The third-order valence-electron chi connectivity index (χ3n) is 2.93. The molecule has 0 aliphatic rings. The minimum absolute atomic E-state index is 0.0693. The number of halogens is 1. The zero-order chi connectivity index (χ0) is 13.2. The number of rotatable bonds is 3. The Hall–Kier alpha value is -1.16. The highest BCUT2D eigenvalue weighted by Gasteiger charge is 2.21. The predicted octanol–water partition coefficient (Wildman–Crippen LogP) is 3.31. The molecule has 2 nitrogen and oxygen atoms in total. The smallest absolute Gasteiger partial charge is 0.135 e. The first kappa shape index (κ1) is 13.9. The molecule has 1 atom stereocenters. The standard InChI is InChI=1S/C13H19FN2S/c1-8(13(2,3)4)16-10-7-5-6-9(14)11(10)12(15)17/h5-8,16H,1-4H3,(H2,15,17). The molecule has 0 spiro atoms. The van der Waals surface area contributed by atoms with E-state index in [9.17, 15) is 4.39 Å². The maximum atomic E-state index is 13.6. The molecule has 94 valence electrons. The zero-order valence-electron chi connectivity index (χ0n) is 10.7. The molecule has 1 aromatic carbocycles. The number of hydrogen-bond donors (Lipinski definition) is 2. The van der Waals surface area contributed by atoms with Gasteiger partial charge in [-0.05, 0) is 24.5 Å². The fourth-order valence-corrected chi connectivity index (χ4v) is 1.55. The molecule has 1 aromatic rings. The first-order valence-corrected chi connectivity index (χ1v) is 5.99. The topological polar surface area (TPSA) is 38.0 Å². The molecular formula is C13H19FN2S.